The molecule has 4 bridgehead atoms. The van der Waals surface area contributed by atoms with Crippen molar-refractivity contribution in [3.8, 4) is 0 Å². The van der Waals surface area contributed by atoms with Gasteiger partial charge in [0.05, 0.1) is 0 Å². The average Bonchev–Trinajstić information content (AvgIpc) is 2.46. The summed E-state index contributed by atoms with van der Waals surface area (Å²) in [5.74, 6) is 2.95. The summed E-state index contributed by atoms with van der Waals surface area (Å²) in [6.07, 6.45) is 12.8. The summed E-state index contributed by atoms with van der Waals surface area (Å²) in [5, 5.41) is 3.78. The van der Waals surface area contributed by atoms with Crippen LogP contribution < -0.4 is 9.42 Å². The summed E-state index contributed by atoms with van der Waals surface area (Å²) >= 11 is 10.7. The Kier molecular flexibility index (Phi) is 3.96. The third kappa shape index (κ3) is 2.70. The molecule has 120 valence electrons. The highest BCUT2D eigenvalue weighted by Crippen LogP contribution is 2.62. The summed E-state index contributed by atoms with van der Waals surface area (Å²) in [4.78, 5) is 0. The molecule has 22 heavy (non-hydrogen) atoms. The van der Waals surface area contributed by atoms with Gasteiger partial charge in [0, 0.05) is 30.0 Å². The second kappa shape index (κ2) is 5.58. The molecule has 1 N–H and O–H groups in total. The molecule has 0 spiro atoms. The van der Waals surface area contributed by atoms with E-state index in [1.807, 2.05) is 30.6 Å². The van der Waals surface area contributed by atoms with E-state index in [0.29, 0.717) is 11.5 Å². The van der Waals surface area contributed by atoms with Crippen LogP contribution in [0, 0.1) is 23.2 Å². The van der Waals surface area contributed by atoms with Crippen molar-refractivity contribution in [3.63, 3.8) is 0 Å². The first kappa shape index (κ1) is 15.6. The van der Waals surface area contributed by atoms with Crippen molar-refractivity contribution in [3.05, 3.63) is 30.6 Å². The fourth-order valence-electron chi connectivity index (χ4n) is 5.73. The van der Waals surface area contributed by atoms with Crippen LogP contribution >= 0.6 is 17.8 Å². The van der Waals surface area contributed by atoms with E-state index in [2.05, 4.69) is 16.3 Å². The molecule has 4 aliphatic carbocycles. The van der Waals surface area contributed by atoms with Gasteiger partial charge in [0.15, 0.2) is 12.4 Å². The number of pyridine rings is 1. The van der Waals surface area contributed by atoms with Crippen LogP contribution in [0.4, 0.5) is 0 Å². The van der Waals surface area contributed by atoms with E-state index >= 15 is 0 Å². The van der Waals surface area contributed by atoms with Crippen molar-refractivity contribution < 1.29 is 4.34 Å². The second-order valence-corrected chi connectivity index (χ2v) is 13.9. The number of nitrogens with one attached hydrogen (secondary N) is 1. The maximum atomic E-state index is 5.87. The molecule has 2 nitrogen and oxygen atoms in total. The summed E-state index contributed by atoms with van der Waals surface area (Å²) in [7, 11) is 0. The number of hydrogen-bond donors (Lipinski definition) is 2. The van der Waals surface area contributed by atoms with Gasteiger partial charge in [-0.05, 0) is 68.6 Å². The fourth-order valence-corrected chi connectivity index (χ4v) is 8.84. The number of nitrogens with zero attached hydrogens (tertiary/aromatic N) is 1. The summed E-state index contributed by atoms with van der Waals surface area (Å²) in [5.41, 5.74) is -1.55. The van der Waals surface area contributed by atoms with E-state index < -0.39 is 5.54 Å². The maximum absolute atomic E-state index is 5.87. The second-order valence-electron chi connectivity index (χ2n) is 7.93. The minimum absolute atomic E-state index is 0.469. The molecule has 0 amide bonds. The Morgan fingerprint density at radius 2 is 1.59 bits per heavy atom. The van der Waals surface area contributed by atoms with Gasteiger partial charge in [-0.15, -0.1) is 0 Å². The zero-order valence-corrected chi connectivity index (χ0v) is 15.8. The minimum Gasteiger partial charge on any atom is -0.225 e. The van der Waals surface area contributed by atoms with Gasteiger partial charge >= 0.3 is 5.54 Å². The maximum Gasteiger partial charge on any atom is 0.312 e. The lowest BCUT2D eigenvalue weighted by Gasteiger charge is -2.59. The van der Waals surface area contributed by atoms with Crippen molar-refractivity contribution in [1.82, 2.24) is 5.09 Å². The van der Waals surface area contributed by atoms with E-state index in [4.69, 9.17) is 24.1 Å². The molecule has 0 radical (unpaired) electrons. The van der Waals surface area contributed by atoms with Crippen LogP contribution in [-0.2, 0) is 11.8 Å². The number of hydrogen-bond acceptors (Lipinski definition) is 1. The zero-order valence-electron chi connectivity index (χ0n) is 13.2. The van der Waals surface area contributed by atoms with Crippen molar-refractivity contribution in [2.75, 3.05) is 0 Å². The Morgan fingerprint density at radius 1 is 1.09 bits per heavy atom. The first-order valence-corrected chi connectivity index (χ1v) is 12.5. The van der Waals surface area contributed by atoms with E-state index in [0.717, 1.165) is 17.8 Å². The fraction of sp³-hybridized carbons (Fsp3) is 0.706. The molecule has 4 fully saturated rings. The monoisotopic (exact) mass is 353 g/mol. The third-order valence-electron chi connectivity index (χ3n) is 6.38. The predicted molar refractivity (Wildman–Crippen MR) is 98.5 cm³/mol. The quantitative estimate of drug-likeness (QED) is 0.624. The number of aromatic nitrogens is 1. The van der Waals surface area contributed by atoms with E-state index in [1.165, 1.54) is 38.5 Å². The molecule has 4 saturated carbocycles. The van der Waals surface area contributed by atoms with Gasteiger partial charge in [-0.1, -0.05) is 18.3 Å². The lowest BCUT2D eigenvalue weighted by Crippen LogP contribution is -2.55. The normalized spacial score (nSPS) is 40.4. The molecule has 5 rings (SSSR count). The van der Waals surface area contributed by atoms with Gasteiger partial charge in [0.2, 0.25) is 0 Å². The standard InChI is InChI=1S/C17H25N2PS2/c1-13(18-20(21,22)19-5-3-2-4-6-19)17-10-14-7-15(11-17)9-16(8-14)12-17/h2-6,13-16H,7-12H2,1H3,(H-,18,21,22)/p+1. The molecule has 0 aliphatic heterocycles. The van der Waals surface area contributed by atoms with Crippen LogP contribution in [0.5, 0.6) is 0 Å². The van der Waals surface area contributed by atoms with Crippen LogP contribution in [0.1, 0.15) is 45.4 Å². The number of rotatable bonds is 4. The van der Waals surface area contributed by atoms with Crippen molar-refractivity contribution in [1.29, 1.82) is 0 Å². The van der Waals surface area contributed by atoms with E-state index in [-0.39, 0.29) is 0 Å². The summed E-state index contributed by atoms with van der Waals surface area (Å²) in [6.45, 7) is 2.37. The number of thiol groups is 1. The van der Waals surface area contributed by atoms with Crippen LogP contribution in [0.2, 0.25) is 0 Å². The SMILES string of the molecule is CC(NP(=S)(S)[n+]1ccccc1)C12CC3CC(CC(C3)C1)C2. The first-order chi connectivity index (χ1) is 10.5. The lowest BCUT2D eigenvalue weighted by molar-refractivity contribution is -0.510. The lowest BCUT2D eigenvalue weighted by atomic mass is 9.48. The van der Waals surface area contributed by atoms with Crippen LogP contribution in [0.15, 0.2) is 30.6 Å². The first-order valence-electron chi connectivity index (χ1n) is 8.55. The summed E-state index contributed by atoms with van der Waals surface area (Å²) in [6, 6.07) is 6.57. The molecule has 1 aromatic rings. The third-order valence-corrected chi connectivity index (χ3v) is 9.84. The van der Waals surface area contributed by atoms with Crippen LogP contribution in [-0.4, -0.2) is 6.04 Å². The van der Waals surface area contributed by atoms with Gasteiger partial charge in [0.1, 0.15) is 0 Å². The van der Waals surface area contributed by atoms with Gasteiger partial charge in [-0.2, -0.15) is 4.34 Å². The van der Waals surface area contributed by atoms with Crippen molar-refractivity contribution in [2.24, 2.45) is 23.2 Å². The highest BCUT2D eigenvalue weighted by Gasteiger charge is 2.53. The van der Waals surface area contributed by atoms with Crippen LogP contribution in [0.3, 0.4) is 0 Å². The highest BCUT2D eigenvalue weighted by atomic mass is 32.9. The Bertz CT molecular complexity index is 569. The Balaban J connectivity index is 1.55. The minimum atomic E-state index is -2.03. The molecule has 0 aromatic carbocycles. The largest absolute Gasteiger partial charge is 0.312 e. The van der Waals surface area contributed by atoms with Crippen LogP contribution in [0.25, 0.3) is 0 Å². The van der Waals surface area contributed by atoms with Gasteiger partial charge in [-0.25, -0.2) is 5.09 Å². The zero-order chi connectivity index (χ0) is 15.4. The van der Waals surface area contributed by atoms with Gasteiger partial charge < -0.3 is 0 Å². The summed E-state index contributed by atoms with van der Waals surface area (Å²) < 4.78 is 2.10. The van der Waals surface area contributed by atoms with Gasteiger partial charge in [-0.3, -0.25) is 0 Å². The molecule has 2 unspecified atom stereocenters. The smallest absolute Gasteiger partial charge is 0.225 e. The molecule has 2 atom stereocenters. The Hall–Kier alpha value is 0.110. The molecular weight excluding hydrogens is 327 g/mol. The van der Waals surface area contributed by atoms with Gasteiger partial charge in [0.25, 0.3) is 0 Å². The van der Waals surface area contributed by atoms with E-state index in [9.17, 15) is 0 Å². The molecule has 5 heteroatoms. The predicted octanol–water partition coefficient (Wildman–Crippen LogP) is 4.17. The highest BCUT2D eigenvalue weighted by molar-refractivity contribution is 8.60. The van der Waals surface area contributed by atoms with E-state index in [1.54, 1.807) is 0 Å². The topological polar surface area (TPSA) is 15.9 Å². The molecule has 4 aliphatic rings. The Morgan fingerprint density at radius 3 is 2.09 bits per heavy atom. The van der Waals surface area contributed by atoms with Crippen molar-refractivity contribution in [2.45, 2.75) is 51.5 Å². The average molecular weight is 354 g/mol. The molecular formula is C17H26N2PS2+. The molecule has 0 saturated heterocycles. The van der Waals surface area contributed by atoms with Crippen molar-refractivity contribution >= 4 is 29.6 Å². The Labute approximate surface area is 144 Å². The molecule has 1 heterocycles. The molecule has 1 aromatic heterocycles.